The van der Waals surface area contributed by atoms with Gasteiger partial charge in [0.2, 0.25) is 11.8 Å². The maximum absolute atomic E-state index is 12.9. The molecule has 1 aromatic heterocycles. The Morgan fingerprint density at radius 3 is 2.66 bits per heavy atom. The number of hydrogen-bond donors (Lipinski definition) is 2. The Morgan fingerprint density at radius 1 is 1.00 bits per heavy atom. The third kappa shape index (κ3) is 4.01. The van der Waals surface area contributed by atoms with Crippen LogP contribution in [-0.2, 0) is 0 Å². The number of nitrogens with one attached hydrogen (secondary N) is 1. The first kappa shape index (κ1) is 18.4. The van der Waals surface area contributed by atoms with Gasteiger partial charge in [0.1, 0.15) is 5.75 Å². The Morgan fingerprint density at radius 2 is 1.86 bits per heavy atom. The van der Waals surface area contributed by atoms with Gasteiger partial charge >= 0.3 is 0 Å². The topological polar surface area (TPSA) is 90.1 Å². The van der Waals surface area contributed by atoms with E-state index in [2.05, 4.69) is 15.3 Å². The van der Waals surface area contributed by atoms with Crippen LogP contribution < -0.4 is 15.8 Å². The number of benzene rings is 3. The summed E-state index contributed by atoms with van der Waals surface area (Å²) < 4.78 is 5.76. The molecule has 144 valence electrons. The lowest BCUT2D eigenvalue weighted by atomic mass is 10.0. The van der Waals surface area contributed by atoms with Crippen molar-refractivity contribution >= 4 is 28.3 Å². The maximum atomic E-state index is 12.9. The number of rotatable bonds is 4. The third-order valence-corrected chi connectivity index (χ3v) is 4.73. The molecular weight excluding hydrogens is 364 g/mol. The molecule has 0 saturated heterocycles. The van der Waals surface area contributed by atoms with Crippen molar-refractivity contribution in [3.05, 3.63) is 83.6 Å². The number of hydrogen-bond acceptors (Lipinski definition) is 5. The molecule has 3 N–H and O–H groups in total. The van der Waals surface area contributed by atoms with Gasteiger partial charge < -0.3 is 15.8 Å². The third-order valence-electron chi connectivity index (χ3n) is 4.73. The van der Waals surface area contributed by atoms with Gasteiger partial charge in [0.25, 0.3) is 5.91 Å². The summed E-state index contributed by atoms with van der Waals surface area (Å²) in [5.41, 5.74) is 9.28. The molecule has 0 aliphatic heterocycles. The van der Waals surface area contributed by atoms with Crippen LogP contribution in [0.15, 0.2) is 66.9 Å². The van der Waals surface area contributed by atoms with E-state index in [0.717, 1.165) is 22.0 Å². The van der Waals surface area contributed by atoms with Crippen molar-refractivity contribution in [2.75, 3.05) is 11.1 Å². The highest BCUT2D eigenvalue weighted by atomic mass is 16.5. The van der Waals surface area contributed by atoms with Crippen LogP contribution in [-0.4, -0.2) is 15.9 Å². The molecule has 0 unspecified atom stereocenters. The molecule has 0 spiro atoms. The molecule has 0 aliphatic rings. The van der Waals surface area contributed by atoms with Crippen LogP contribution in [0.4, 0.5) is 11.6 Å². The molecule has 0 saturated carbocycles. The number of ether oxygens (including phenoxy) is 1. The number of amides is 1. The van der Waals surface area contributed by atoms with E-state index in [-0.39, 0.29) is 11.9 Å². The van der Waals surface area contributed by atoms with Crippen LogP contribution in [0.5, 0.6) is 11.6 Å². The van der Waals surface area contributed by atoms with Crippen molar-refractivity contribution in [1.82, 2.24) is 9.97 Å². The second-order valence-electron chi connectivity index (χ2n) is 6.80. The SMILES string of the molecule is Cc1ccc(NC(=O)c2cccc3cc(Oc4ccnc(N)n4)ccc23)cc1C. The summed E-state index contributed by atoms with van der Waals surface area (Å²) in [7, 11) is 0. The number of nitrogens with two attached hydrogens (primary N) is 1. The first-order valence-electron chi connectivity index (χ1n) is 9.17. The zero-order chi connectivity index (χ0) is 20.4. The standard InChI is InChI=1S/C23H20N4O2/c1-14-6-7-17(12-15(14)2)26-22(28)20-5-3-4-16-13-18(8-9-19(16)20)29-21-10-11-25-23(24)27-21/h3-13H,1-2H3,(H,26,28)(H2,24,25,27). The van der Waals surface area contributed by atoms with E-state index in [0.29, 0.717) is 17.2 Å². The van der Waals surface area contributed by atoms with Crippen LogP contribution in [0.1, 0.15) is 21.5 Å². The number of carbonyl (C=O) groups excluding carboxylic acids is 1. The van der Waals surface area contributed by atoms with Gasteiger partial charge in [-0.25, -0.2) is 4.98 Å². The maximum Gasteiger partial charge on any atom is 0.256 e. The Labute approximate surface area is 168 Å². The van der Waals surface area contributed by atoms with E-state index in [9.17, 15) is 4.79 Å². The predicted octanol–water partition coefficient (Wildman–Crippen LogP) is 4.87. The smallest absolute Gasteiger partial charge is 0.256 e. The number of fused-ring (bicyclic) bond motifs is 1. The Balaban J connectivity index is 1.61. The lowest BCUT2D eigenvalue weighted by Crippen LogP contribution is -2.12. The Hall–Kier alpha value is -3.93. The number of nitrogen functional groups attached to an aromatic ring is 1. The molecule has 4 aromatic rings. The van der Waals surface area contributed by atoms with E-state index in [1.807, 2.05) is 62.4 Å². The molecule has 6 heteroatoms. The molecule has 0 radical (unpaired) electrons. The highest BCUT2D eigenvalue weighted by Gasteiger charge is 2.12. The summed E-state index contributed by atoms with van der Waals surface area (Å²) in [5.74, 6) is 0.951. The summed E-state index contributed by atoms with van der Waals surface area (Å²) in [6.45, 7) is 4.07. The first-order chi connectivity index (χ1) is 14.0. The molecule has 6 nitrogen and oxygen atoms in total. The fourth-order valence-corrected chi connectivity index (χ4v) is 3.07. The van der Waals surface area contributed by atoms with Gasteiger partial charge in [0, 0.05) is 23.5 Å². The molecule has 1 amide bonds. The lowest BCUT2D eigenvalue weighted by Gasteiger charge is -2.11. The fourth-order valence-electron chi connectivity index (χ4n) is 3.07. The van der Waals surface area contributed by atoms with Gasteiger partial charge in [-0.05, 0) is 72.1 Å². The van der Waals surface area contributed by atoms with Gasteiger partial charge in [-0.3, -0.25) is 4.79 Å². The van der Waals surface area contributed by atoms with Crippen LogP contribution in [0, 0.1) is 13.8 Å². The second kappa shape index (κ2) is 7.59. The molecule has 29 heavy (non-hydrogen) atoms. The number of aromatic nitrogens is 2. The van der Waals surface area contributed by atoms with E-state index in [1.165, 1.54) is 11.8 Å². The first-order valence-corrected chi connectivity index (χ1v) is 9.17. The monoisotopic (exact) mass is 384 g/mol. The molecule has 1 heterocycles. The summed E-state index contributed by atoms with van der Waals surface area (Å²) in [6.07, 6.45) is 1.54. The van der Waals surface area contributed by atoms with Crippen molar-refractivity contribution in [3.63, 3.8) is 0 Å². The van der Waals surface area contributed by atoms with Crippen molar-refractivity contribution in [2.24, 2.45) is 0 Å². The van der Waals surface area contributed by atoms with E-state index < -0.39 is 0 Å². The number of carbonyl (C=O) groups is 1. The molecule has 3 aromatic carbocycles. The second-order valence-corrected chi connectivity index (χ2v) is 6.80. The van der Waals surface area contributed by atoms with Gasteiger partial charge in [-0.2, -0.15) is 4.98 Å². The molecule has 0 bridgehead atoms. The minimum atomic E-state index is -0.156. The van der Waals surface area contributed by atoms with Crippen LogP contribution in [0.2, 0.25) is 0 Å². The van der Waals surface area contributed by atoms with Crippen LogP contribution in [0.3, 0.4) is 0 Å². The van der Waals surface area contributed by atoms with E-state index in [1.54, 1.807) is 12.1 Å². The van der Waals surface area contributed by atoms with Crippen LogP contribution in [0.25, 0.3) is 10.8 Å². The summed E-state index contributed by atoms with van der Waals surface area (Å²) in [4.78, 5) is 20.7. The quantitative estimate of drug-likeness (QED) is 0.524. The average Bonchev–Trinajstić information content (AvgIpc) is 2.70. The average molecular weight is 384 g/mol. The van der Waals surface area contributed by atoms with Crippen molar-refractivity contribution < 1.29 is 9.53 Å². The Bertz CT molecular complexity index is 1220. The molecule has 0 atom stereocenters. The summed E-state index contributed by atoms with van der Waals surface area (Å²) in [6, 6.07) is 18.6. The van der Waals surface area contributed by atoms with Crippen molar-refractivity contribution in [3.8, 4) is 11.6 Å². The molecular formula is C23H20N4O2. The Kier molecular flexibility index (Phi) is 4.83. The number of nitrogens with zero attached hydrogens (tertiary/aromatic N) is 2. The van der Waals surface area contributed by atoms with E-state index in [4.69, 9.17) is 10.5 Å². The molecule has 0 aliphatic carbocycles. The zero-order valence-electron chi connectivity index (χ0n) is 16.1. The van der Waals surface area contributed by atoms with Crippen LogP contribution >= 0.6 is 0 Å². The van der Waals surface area contributed by atoms with Gasteiger partial charge in [-0.15, -0.1) is 0 Å². The number of aryl methyl sites for hydroxylation is 2. The van der Waals surface area contributed by atoms with E-state index >= 15 is 0 Å². The largest absolute Gasteiger partial charge is 0.439 e. The highest BCUT2D eigenvalue weighted by Crippen LogP contribution is 2.27. The molecule has 0 fully saturated rings. The minimum absolute atomic E-state index is 0.147. The van der Waals surface area contributed by atoms with Crippen molar-refractivity contribution in [2.45, 2.75) is 13.8 Å². The lowest BCUT2D eigenvalue weighted by molar-refractivity contribution is 0.102. The predicted molar refractivity (Wildman–Crippen MR) is 114 cm³/mol. The highest BCUT2D eigenvalue weighted by molar-refractivity contribution is 6.13. The van der Waals surface area contributed by atoms with Crippen molar-refractivity contribution in [1.29, 1.82) is 0 Å². The van der Waals surface area contributed by atoms with Gasteiger partial charge in [0.05, 0.1) is 0 Å². The fraction of sp³-hybridized carbons (Fsp3) is 0.0870. The summed E-state index contributed by atoms with van der Waals surface area (Å²) in [5, 5.41) is 4.70. The minimum Gasteiger partial charge on any atom is -0.439 e. The van der Waals surface area contributed by atoms with Gasteiger partial charge in [0.15, 0.2) is 0 Å². The van der Waals surface area contributed by atoms with Gasteiger partial charge in [-0.1, -0.05) is 18.2 Å². The number of anilines is 2. The zero-order valence-corrected chi connectivity index (χ0v) is 16.1. The molecule has 4 rings (SSSR count). The normalized spacial score (nSPS) is 10.7. The summed E-state index contributed by atoms with van der Waals surface area (Å²) >= 11 is 0.